The first-order valence-electron chi connectivity index (χ1n) is 7.55. The van der Waals surface area contributed by atoms with Crippen LogP contribution in [0.1, 0.15) is 70.6 Å². The first-order chi connectivity index (χ1) is 8.86. The van der Waals surface area contributed by atoms with Gasteiger partial charge >= 0.3 is 37.9 Å². The Balaban J connectivity index is 0.000000128. The summed E-state index contributed by atoms with van der Waals surface area (Å²) in [6.07, 6.45) is 16.5. The van der Waals surface area contributed by atoms with E-state index in [1.807, 2.05) is 11.8 Å². The molecule has 0 spiro atoms. The van der Waals surface area contributed by atoms with Crippen LogP contribution < -0.4 is 0 Å². The summed E-state index contributed by atoms with van der Waals surface area (Å²) in [4.78, 5) is 0. The van der Waals surface area contributed by atoms with E-state index in [0.717, 1.165) is 11.8 Å². The Morgan fingerprint density at radius 1 is 0.722 bits per heavy atom. The molecule has 0 heterocycles. The van der Waals surface area contributed by atoms with Gasteiger partial charge in [-0.1, -0.05) is 38.5 Å². The third kappa shape index (κ3) is 4.23. The third-order valence-corrected chi connectivity index (χ3v) is 4.97. The quantitative estimate of drug-likeness (QED) is 0.488. The van der Waals surface area contributed by atoms with Crippen molar-refractivity contribution < 1.29 is 20.8 Å². The van der Waals surface area contributed by atoms with E-state index >= 15 is 0 Å². The van der Waals surface area contributed by atoms with E-state index in [1.165, 1.54) is 64.2 Å². The maximum absolute atomic E-state index is 4.93. The molecule has 0 aromatic carbocycles. The molecule has 4 saturated carbocycles. The van der Waals surface area contributed by atoms with E-state index in [0.29, 0.717) is 0 Å². The van der Waals surface area contributed by atoms with Crippen molar-refractivity contribution in [2.45, 2.75) is 70.6 Å². The molecule has 2 unspecified atom stereocenters. The fourth-order valence-corrected chi connectivity index (χ4v) is 4.22. The minimum absolute atomic E-state index is 0.826. The van der Waals surface area contributed by atoms with Gasteiger partial charge in [-0.2, -0.15) is 0 Å². The topological polar surface area (TPSA) is 0 Å². The average molecular weight is 366 g/mol. The molecule has 0 amide bonds. The van der Waals surface area contributed by atoms with Gasteiger partial charge < -0.3 is 0 Å². The van der Waals surface area contributed by atoms with E-state index in [9.17, 15) is 0 Å². The van der Waals surface area contributed by atoms with Crippen LogP contribution in [0.4, 0.5) is 0 Å². The van der Waals surface area contributed by atoms with Crippen LogP contribution in [0.15, 0.2) is 0 Å². The molecule has 0 N–H and O–H groups in total. The summed E-state index contributed by atoms with van der Waals surface area (Å²) in [5, 5.41) is 0. The van der Waals surface area contributed by atoms with Crippen molar-refractivity contribution in [2.24, 2.45) is 11.8 Å². The molecule has 0 nitrogen and oxygen atoms in total. The number of rotatable bonds is 0. The Hall–Kier alpha value is 1.46. The zero-order chi connectivity index (χ0) is 12.8. The molecule has 3 heteroatoms. The summed E-state index contributed by atoms with van der Waals surface area (Å²) in [6, 6.07) is 0. The summed E-state index contributed by atoms with van der Waals surface area (Å²) >= 11 is -0.826. The molecule has 2 bridgehead atoms. The van der Waals surface area contributed by atoms with Gasteiger partial charge in [-0.3, -0.25) is 0 Å². The summed E-state index contributed by atoms with van der Waals surface area (Å²) in [6.45, 7) is 0. The van der Waals surface area contributed by atoms with Crippen molar-refractivity contribution in [3.05, 3.63) is 11.8 Å². The van der Waals surface area contributed by atoms with Crippen molar-refractivity contribution >= 4 is 17.0 Å². The Morgan fingerprint density at radius 2 is 1.11 bits per heavy atom. The van der Waals surface area contributed by atoms with E-state index in [1.54, 1.807) is 6.42 Å². The zero-order valence-corrected chi connectivity index (χ0v) is 15.2. The predicted molar refractivity (Wildman–Crippen MR) is 76.0 cm³/mol. The van der Waals surface area contributed by atoms with Gasteiger partial charge in [0.2, 0.25) is 0 Å². The summed E-state index contributed by atoms with van der Waals surface area (Å²) in [5.74, 6) is 5.97. The van der Waals surface area contributed by atoms with Crippen LogP contribution in [0, 0.1) is 23.7 Å². The van der Waals surface area contributed by atoms with Gasteiger partial charge in [-0.25, -0.2) is 0 Å². The predicted octanol–water partition coefficient (Wildman–Crippen LogP) is 6.08. The fraction of sp³-hybridized carbons (Fsp3) is 0.867. The van der Waals surface area contributed by atoms with E-state index < -0.39 is 20.8 Å². The Morgan fingerprint density at radius 3 is 1.50 bits per heavy atom. The number of halogens is 2. The van der Waals surface area contributed by atoms with Crippen molar-refractivity contribution in [2.75, 3.05) is 0 Å². The van der Waals surface area contributed by atoms with Gasteiger partial charge in [-0.05, 0) is 55.8 Å². The van der Waals surface area contributed by atoms with Crippen LogP contribution in [0.25, 0.3) is 0 Å². The Kier molecular flexibility index (Phi) is 7.64. The summed E-state index contributed by atoms with van der Waals surface area (Å²) in [5.41, 5.74) is 0. The van der Waals surface area contributed by atoms with Crippen LogP contribution in [0.5, 0.6) is 0 Å². The molecule has 4 aliphatic rings. The second-order valence-electron chi connectivity index (χ2n) is 5.95. The number of fused-ring (bicyclic) bond motifs is 5. The normalized spacial score (nSPS) is 33.4. The Labute approximate surface area is 131 Å². The Bertz CT molecular complexity index is 207. The molecule has 2 atom stereocenters. The fourth-order valence-electron chi connectivity index (χ4n) is 4.22. The molecule has 0 aliphatic heterocycles. The van der Waals surface area contributed by atoms with Crippen LogP contribution >= 0.6 is 17.0 Å². The minimum atomic E-state index is -0.826. The average Bonchev–Trinajstić information content (AvgIpc) is 3.17. The third-order valence-electron chi connectivity index (χ3n) is 4.97. The van der Waals surface area contributed by atoms with Gasteiger partial charge in [-0.15, -0.1) is 0 Å². The monoisotopic (exact) mass is 364 g/mol. The van der Waals surface area contributed by atoms with Gasteiger partial charge in [0.15, 0.2) is 0 Å². The zero-order valence-electron chi connectivity index (χ0n) is 11.2. The molecule has 4 rings (SSSR count). The number of hydrogen-bond acceptors (Lipinski definition) is 0. The summed E-state index contributed by atoms with van der Waals surface area (Å²) in [7, 11) is 9.87. The summed E-state index contributed by atoms with van der Waals surface area (Å²) < 4.78 is 0. The van der Waals surface area contributed by atoms with E-state index in [-0.39, 0.29) is 0 Å². The maximum atomic E-state index is 4.93. The first-order valence-corrected chi connectivity index (χ1v) is 13.9. The second kappa shape index (κ2) is 8.68. The van der Waals surface area contributed by atoms with Gasteiger partial charge in [0.05, 0.1) is 0 Å². The molecular weight excluding hydrogens is 342 g/mol. The van der Waals surface area contributed by atoms with Crippen molar-refractivity contribution in [1.29, 1.82) is 0 Å². The van der Waals surface area contributed by atoms with E-state index in [2.05, 4.69) is 0 Å². The van der Waals surface area contributed by atoms with Crippen molar-refractivity contribution in [3.8, 4) is 0 Å². The van der Waals surface area contributed by atoms with Gasteiger partial charge in [0.1, 0.15) is 0 Å². The molecule has 0 aromatic rings. The molecule has 4 fully saturated rings. The first kappa shape index (κ1) is 15.8. The van der Waals surface area contributed by atoms with Crippen molar-refractivity contribution in [3.63, 3.8) is 0 Å². The van der Waals surface area contributed by atoms with Gasteiger partial charge in [0, 0.05) is 0 Å². The molecule has 102 valence electrons. The van der Waals surface area contributed by atoms with Crippen LogP contribution in [0.2, 0.25) is 0 Å². The van der Waals surface area contributed by atoms with Crippen molar-refractivity contribution in [1.82, 2.24) is 0 Å². The molecule has 2 radical (unpaired) electrons. The molecular formula is C15H24Cl2Zr. The van der Waals surface area contributed by atoms with Crippen LogP contribution in [0.3, 0.4) is 0 Å². The van der Waals surface area contributed by atoms with Crippen LogP contribution in [-0.4, -0.2) is 0 Å². The second-order valence-corrected chi connectivity index (χ2v) is 9.68. The van der Waals surface area contributed by atoms with Gasteiger partial charge in [0.25, 0.3) is 0 Å². The number of hydrogen-bond donors (Lipinski definition) is 0. The SMILES string of the molecule is C1CCCC1.C1C[C]2[C](C1)C1CCC2C1.[Cl][Zr][Cl]. The standard InChI is InChI=1S/C10H14.C5H10.2ClH.Zr/c1-2-9-7-4-5-8(6-7)10(9)3-1;1-2-4-5-3-1;;;/h7-8H,1-6H2;1-5H2;2*1H;/q;;;;+2/p-2. The molecule has 0 aromatic heterocycles. The molecule has 4 aliphatic carbocycles. The molecule has 18 heavy (non-hydrogen) atoms. The van der Waals surface area contributed by atoms with Crippen LogP contribution in [-0.2, 0) is 20.8 Å². The van der Waals surface area contributed by atoms with E-state index in [4.69, 9.17) is 17.0 Å². The molecule has 0 saturated heterocycles.